The van der Waals surface area contributed by atoms with E-state index in [4.69, 9.17) is 4.74 Å². The van der Waals surface area contributed by atoms with Crippen molar-refractivity contribution in [2.45, 2.75) is 53.2 Å². The Balaban J connectivity index is 3.23. The minimum Gasteiger partial charge on any atom is -0.458 e. The molecule has 0 radical (unpaired) electrons. The summed E-state index contributed by atoms with van der Waals surface area (Å²) < 4.78 is 6.44. The van der Waals surface area contributed by atoms with Gasteiger partial charge in [-0.05, 0) is 38.5 Å². The summed E-state index contributed by atoms with van der Waals surface area (Å²) >= 11 is 3.38. The minimum atomic E-state index is -0.769. The molecule has 4 nitrogen and oxygen atoms in total. The molecule has 0 fully saturated rings. The topological polar surface area (TPSA) is 46.6 Å². The smallest absolute Gasteiger partial charge is 0.334 e. The molecule has 128 valence electrons. The number of nitrogens with zero attached hydrogens (tertiary/aromatic N) is 1. The lowest BCUT2D eigenvalue weighted by Crippen LogP contribution is -2.43. The van der Waals surface area contributed by atoms with Gasteiger partial charge in [0.2, 0.25) is 5.91 Å². The maximum atomic E-state index is 12.7. The van der Waals surface area contributed by atoms with Gasteiger partial charge in [0.15, 0.2) is 6.04 Å². The van der Waals surface area contributed by atoms with Crippen molar-refractivity contribution in [3.05, 3.63) is 34.3 Å². The van der Waals surface area contributed by atoms with Crippen LogP contribution in [0.15, 0.2) is 28.7 Å². The van der Waals surface area contributed by atoms with Crippen LogP contribution >= 0.6 is 15.9 Å². The summed E-state index contributed by atoms with van der Waals surface area (Å²) in [6.45, 7) is 10.9. The second-order valence-electron chi connectivity index (χ2n) is 7.65. The normalized spacial score (nSPS) is 13.4. The molecule has 0 heterocycles. The fourth-order valence-corrected chi connectivity index (χ4v) is 2.43. The third-order valence-electron chi connectivity index (χ3n) is 3.17. The lowest BCUT2D eigenvalue weighted by Gasteiger charge is -2.33. The van der Waals surface area contributed by atoms with Crippen LogP contribution in [0.5, 0.6) is 0 Å². The Bertz CT molecular complexity index is 567. The van der Waals surface area contributed by atoms with Gasteiger partial charge in [0, 0.05) is 16.9 Å². The van der Waals surface area contributed by atoms with Gasteiger partial charge >= 0.3 is 5.97 Å². The zero-order valence-electron chi connectivity index (χ0n) is 14.9. The average molecular weight is 384 g/mol. The molecular weight excluding hydrogens is 358 g/mol. The highest BCUT2D eigenvalue weighted by atomic mass is 79.9. The van der Waals surface area contributed by atoms with Crippen LogP contribution < -0.4 is 0 Å². The summed E-state index contributed by atoms with van der Waals surface area (Å²) in [6, 6.07) is 6.58. The first-order chi connectivity index (χ1) is 10.3. The molecule has 5 heteroatoms. The number of carbonyl (C=O) groups excluding carboxylic acids is 2. The van der Waals surface area contributed by atoms with E-state index in [0.29, 0.717) is 0 Å². The molecule has 0 spiro atoms. The van der Waals surface area contributed by atoms with E-state index in [1.54, 1.807) is 7.05 Å². The molecule has 23 heavy (non-hydrogen) atoms. The zero-order chi connectivity index (χ0) is 18.0. The van der Waals surface area contributed by atoms with Crippen LogP contribution in [-0.2, 0) is 14.3 Å². The van der Waals surface area contributed by atoms with E-state index in [9.17, 15) is 9.59 Å². The number of likely N-dealkylation sites (N-methyl/N-ethyl adjacent to an activating group) is 1. The molecule has 0 aliphatic rings. The zero-order valence-corrected chi connectivity index (χ0v) is 16.5. The molecule has 1 amide bonds. The molecule has 0 bridgehead atoms. The summed E-state index contributed by atoms with van der Waals surface area (Å²) in [6.07, 6.45) is 0. The number of carbonyl (C=O) groups is 2. The van der Waals surface area contributed by atoms with Gasteiger partial charge in [-0.3, -0.25) is 4.79 Å². The molecule has 1 aromatic carbocycles. The maximum Gasteiger partial charge on any atom is 0.334 e. The molecule has 1 aromatic rings. The lowest BCUT2D eigenvalue weighted by atomic mass is 9.93. The molecule has 0 aliphatic carbocycles. The van der Waals surface area contributed by atoms with Crippen LogP contribution in [0.1, 0.15) is 53.1 Å². The number of esters is 1. The van der Waals surface area contributed by atoms with E-state index in [-0.39, 0.29) is 5.91 Å². The molecule has 0 aliphatic heterocycles. The van der Waals surface area contributed by atoms with Crippen molar-refractivity contribution in [2.75, 3.05) is 7.05 Å². The molecular formula is C18H26BrNO3. The van der Waals surface area contributed by atoms with Gasteiger partial charge in [-0.2, -0.15) is 0 Å². The number of ether oxygens (including phenoxy) is 1. The van der Waals surface area contributed by atoms with Crippen molar-refractivity contribution in [1.29, 1.82) is 0 Å². The predicted octanol–water partition coefficient (Wildman–Crippen LogP) is 4.34. The van der Waals surface area contributed by atoms with Crippen molar-refractivity contribution in [2.24, 2.45) is 5.41 Å². The quantitative estimate of drug-likeness (QED) is 0.729. The highest BCUT2D eigenvalue weighted by Crippen LogP contribution is 2.29. The Morgan fingerprint density at radius 1 is 1.04 bits per heavy atom. The van der Waals surface area contributed by atoms with E-state index in [1.165, 1.54) is 4.90 Å². The Morgan fingerprint density at radius 3 is 1.91 bits per heavy atom. The van der Waals surface area contributed by atoms with Crippen LogP contribution in [0.4, 0.5) is 0 Å². The molecule has 0 aromatic heterocycles. The Hall–Kier alpha value is -1.36. The van der Waals surface area contributed by atoms with Gasteiger partial charge in [-0.1, -0.05) is 48.8 Å². The van der Waals surface area contributed by atoms with Crippen molar-refractivity contribution >= 4 is 27.8 Å². The van der Waals surface area contributed by atoms with Crippen molar-refractivity contribution in [1.82, 2.24) is 4.90 Å². The Morgan fingerprint density at radius 2 is 1.52 bits per heavy atom. The van der Waals surface area contributed by atoms with Crippen molar-refractivity contribution < 1.29 is 14.3 Å². The van der Waals surface area contributed by atoms with E-state index in [2.05, 4.69) is 15.9 Å². The summed E-state index contributed by atoms with van der Waals surface area (Å²) in [5.41, 5.74) is -0.469. The van der Waals surface area contributed by atoms with E-state index < -0.39 is 23.0 Å². The number of hydrogen-bond donors (Lipinski definition) is 0. The number of halogens is 1. The summed E-state index contributed by atoms with van der Waals surface area (Å²) in [5, 5.41) is 0. The van der Waals surface area contributed by atoms with Crippen molar-refractivity contribution in [3.63, 3.8) is 0 Å². The average Bonchev–Trinajstić information content (AvgIpc) is 2.37. The second-order valence-corrected chi connectivity index (χ2v) is 8.57. The van der Waals surface area contributed by atoms with Gasteiger partial charge in [0.1, 0.15) is 5.60 Å². The first kappa shape index (κ1) is 19.7. The van der Waals surface area contributed by atoms with E-state index in [0.717, 1.165) is 10.0 Å². The third kappa shape index (κ3) is 5.65. The first-order valence-corrected chi connectivity index (χ1v) is 8.38. The first-order valence-electron chi connectivity index (χ1n) is 7.58. The molecule has 1 unspecified atom stereocenters. The second kappa shape index (κ2) is 7.04. The van der Waals surface area contributed by atoms with Gasteiger partial charge in [-0.25, -0.2) is 4.79 Å². The fourth-order valence-electron chi connectivity index (χ4n) is 2.17. The van der Waals surface area contributed by atoms with Gasteiger partial charge in [0.25, 0.3) is 0 Å². The van der Waals surface area contributed by atoms with Crippen LogP contribution in [-0.4, -0.2) is 29.4 Å². The van der Waals surface area contributed by atoms with Crippen LogP contribution in [0.3, 0.4) is 0 Å². The Labute approximate surface area is 147 Å². The van der Waals surface area contributed by atoms with Gasteiger partial charge < -0.3 is 9.64 Å². The number of rotatable bonds is 3. The summed E-state index contributed by atoms with van der Waals surface area (Å²) in [7, 11) is 1.64. The predicted molar refractivity (Wildman–Crippen MR) is 95.0 cm³/mol. The standard InChI is InChI=1S/C18H26BrNO3/c1-17(2,3)16(22)20(7)14(15(21)23-18(4,5)6)12-8-10-13(19)11-9-12/h8-11,14H,1-7H3. The van der Waals surface area contributed by atoms with Gasteiger partial charge in [0.05, 0.1) is 0 Å². The van der Waals surface area contributed by atoms with Crippen LogP contribution in [0.2, 0.25) is 0 Å². The molecule has 0 saturated heterocycles. The van der Waals surface area contributed by atoms with Gasteiger partial charge in [-0.15, -0.1) is 0 Å². The maximum absolute atomic E-state index is 12.7. The Kier molecular flexibility index (Phi) is 6.02. The molecule has 1 atom stereocenters. The SMILES string of the molecule is CN(C(=O)C(C)(C)C)C(C(=O)OC(C)(C)C)c1ccc(Br)cc1. The highest BCUT2D eigenvalue weighted by Gasteiger charge is 2.36. The van der Waals surface area contributed by atoms with Crippen LogP contribution in [0.25, 0.3) is 0 Å². The minimum absolute atomic E-state index is 0.115. The molecule has 0 N–H and O–H groups in total. The number of hydrogen-bond acceptors (Lipinski definition) is 3. The summed E-state index contributed by atoms with van der Waals surface area (Å²) in [4.78, 5) is 26.8. The summed E-state index contributed by atoms with van der Waals surface area (Å²) in [5.74, 6) is -0.545. The number of benzene rings is 1. The number of amides is 1. The van der Waals surface area contributed by atoms with Crippen LogP contribution in [0, 0.1) is 5.41 Å². The molecule has 0 saturated carbocycles. The monoisotopic (exact) mass is 383 g/mol. The lowest BCUT2D eigenvalue weighted by molar-refractivity contribution is -0.166. The van der Waals surface area contributed by atoms with E-state index in [1.807, 2.05) is 65.8 Å². The van der Waals surface area contributed by atoms with E-state index >= 15 is 0 Å². The molecule has 1 rings (SSSR count). The van der Waals surface area contributed by atoms with Crippen molar-refractivity contribution in [3.8, 4) is 0 Å². The largest absolute Gasteiger partial charge is 0.458 e. The fraction of sp³-hybridized carbons (Fsp3) is 0.556. The third-order valence-corrected chi connectivity index (χ3v) is 3.69. The highest BCUT2D eigenvalue weighted by molar-refractivity contribution is 9.10.